The Morgan fingerprint density at radius 1 is 1.22 bits per heavy atom. The van der Waals surface area contributed by atoms with Gasteiger partial charge in [-0.05, 0) is 23.6 Å². The van der Waals surface area contributed by atoms with Gasteiger partial charge >= 0.3 is 0 Å². The van der Waals surface area contributed by atoms with Gasteiger partial charge < -0.3 is 4.74 Å². The number of benzene rings is 1. The van der Waals surface area contributed by atoms with Crippen molar-refractivity contribution in [2.75, 3.05) is 0 Å². The van der Waals surface area contributed by atoms with Crippen LogP contribution in [0.2, 0.25) is 0 Å². The molecule has 0 aliphatic rings. The number of thiophene rings is 1. The fourth-order valence-corrected chi connectivity index (χ4v) is 3.03. The molecule has 23 heavy (non-hydrogen) atoms. The van der Waals surface area contributed by atoms with Gasteiger partial charge in [-0.2, -0.15) is 4.98 Å². The number of aryl methyl sites for hydroxylation is 1. The third kappa shape index (κ3) is 2.66. The van der Waals surface area contributed by atoms with E-state index in [0.29, 0.717) is 11.6 Å². The summed E-state index contributed by atoms with van der Waals surface area (Å²) in [5.41, 5.74) is 0.881. The number of nitrogens with zero attached hydrogens (tertiary/aromatic N) is 5. The minimum absolute atomic E-state index is 0.587. The first-order valence-corrected chi connectivity index (χ1v) is 8.10. The van der Waals surface area contributed by atoms with Gasteiger partial charge in [0.15, 0.2) is 0 Å². The Kier molecular flexibility index (Phi) is 3.47. The second-order valence-corrected chi connectivity index (χ2v) is 5.78. The summed E-state index contributed by atoms with van der Waals surface area (Å²) in [6.45, 7) is 2.03. The van der Waals surface area contributed by atoms with E-state index < -0.39 is 0 Å². The van der Waals surface area contributed by atoms with Crippen LogP contribution in [0, 0.1) is 0 Å². The Morgan fingerprint density at radius 2 is 2.17 bits per heavy atom. The lowest BCUT2D eigenvalue weighted by Gasteiger charge is -2.08. The molecule has 0 radical (unpaired) electrons. The van der Waals surface area contributed by atoms with Crippen molar-refractivity contribution in [3.8, 4) is 17.3 Å². The molecule has 0 bridgehead atoms. The monoisotopic (exact) mass is 323 g/mol. The van der Waals surface area contributed by atoms with Crippen molar-refractivity contribution < 1.29 is 4.74 Å². The summed E-state index contributed by atoms with van der Waals surface area (Å²) in [5.74, 6) is 2.07. The fraction of sp³-hybridized carbons (Fsp3) is 0.125. The maximum absolute atomic E-state index is 6.03. The van der Waals surface area contributed by atoms with Crippen LogP contribution in [0.3, 0.4) is 0 Å². The molecule has 0 fully saturated rings. The molecule has 1 aromatic carbocycles. The van der Waals surface area contributed by atoms with E-state index in [4.69, 9.17) is 4.74 Å². The summed E-state index contributed by atoms with van der Waals surface area (Å²) in [6, 6.07) is 9.64. The Bertz CT molecular complexity index is 948. The lowest BCUT2D eigenvalue weighted by Crippen LogP contribution is -1.98. The molecule has 6 nitrogen and oxygen atoms in total. The Hall–Kier alpha value is -2.80. The SMILES string of the molecule is CCc1nc(Oc2cccc(-n3ccnn3)c2)c2ccsc2n1. The molecule has 114 valence electrons. The van der Waals surface area contributed by atoms with Crippen LogP contribution in [0.25, 0.3) is 15.9 Å². The summed E-state index contributed by atoms with van der Waals surface area (Å²) in [6.07, 6.45) is 4.19. The van der Waals surface area contributed by atoms with Gasteiger partial charge in [0.05, 0.1) is 23.5 Å². The van der Waals surface area contributed by atoms with Crippen LogP contribution in [0.4, 0.5) is 0 Å². The molecule has 0 amide bonds. The van der Waals surface area contributed by atoms with Crippen molar-refractivity contribution >= 4 is 21.6 Å². The van der Waals surface area contributed by atoms with Crippen molar-refractivity contribution in [1.82, 2.24) is 25.0 Å². The maximum atomic E-state index is 6.03. The van der Waals surface area contributed by atoms with E-state index in [-0.39, 0.29) is 0 Å². The number of hydrogen-bond acceptors (Lipinski definition) is 6. The number of aromatic nitrogens is 5. The zero-order chi connectivity index (χ0) is 15.6. The minimum Gasteiger partial charge on any atom is -0.438 e. The predicted octanol–water partition coefficient (Wildman–Crippen LogP) is 3.63. The highest BCUT2D eigenvalue weighted by atomic mass is 32.1. The lowest BCUT2D eigenvalue weighted by atomic mass is 10.3. The second kappa shape index (κ2) is 5.77. The topological polar surface area (TPSA) is 65.7 Å². The van der Waals surface area contributed by atoms with Gasteiger partial charge in [-0.15, -0.1) is 16.4 Å². The highest BCUT2D eigenvalue weighted by molar-refractivity contribution is 7.16. The molecule has 0 unspecified atom stereocenters. The maximum Gasteiger partial charge on any atom is 0.231 e. The molecule has 0 saturated carbocycles. The van der Waals surface area contributed by atoms with Crippen molar-refractivity contribution in [2.24, 2.45) is 0 Å². The number of ether oxygens (including phenoxy) is 1. The van der Waals surface area contributed by atoms with Gasteiger partial charge in [0.1, 0.15) is 16.4 Å². The third-order valence-electron chi connectivity index (χ3n) is 3.37. The molecule has 0 atom stereocenters. The average molecular weight is 323 g/mol. The molecule has 0 aliphatic heterocycles. The van der Waals surface area contributed by atoms with E-state index in [0.717, 1.165) is 28.1 Å². The van der Waals surface area contributed by atoms with Crippen LogP contribution in [-0.2, 0) is 6.42 Å². The molecule has 0 aliphatic carbocycles. The quantitative estimate of drug-likeness (QED) is 0.574. The van der Waals surface area contributed by atoms with Gasteiger partial charge in [-0.25, -0.2) is 9.67 Å². The van der Waals surface area contributed by atoms with Crippen LogP contribution < -0.4 is 4.74 Å². The standard InChI is InChI=1S/C16H13N5OS/c1-2-14-18-15(13-6-9-23-16(13)19-14)22-12-5-3-4-11(10-12)21-8-7-17-20-21/h3-10H,2H2,1H3. The Morgan fingerprint density at radius 3 is 3.00 bits per heavy atom. The van der Waals surface area contributed by atoms with E-state index in [1.807, 2.05) is 42.6 Å². The van der Waals surface area contributed by atoms with Crippen molar-refractivity contribution in [2.45, 2.75) is 13.3 Å². The summed E-state index contributed by atoms with van der Waals surface area (Å²) < 4.78 is 7.71. The molecule has 4 aromatic rings. The average Bonchev–Trinajstić information content (AvgIpc) is 3.26. The van der Waals surface area contributed by atoms with Crippen LogP contribution >= 0.6 is 11.3 Å². The van der Waals surface area contributed by atoms with Crippen LogP contribution in [0.15, 0.2) is 48.1 Å². The molecule has 0 saturated heterocycles. The Labute approximate surface area is 136 Å². The smallest absolute Gasteiger partial charge is 0.231 e. The highest BCUT2D eigenvalue weighted by Crippen LogP contribution is 2.31. The summed E-state index contributed by atoms with van der Waals surface area (Å²) in [7, 11) is 0. The molecule has 3 heterocycles. The zero-order valence-electron chi connectivity index (χ0n) is 12.4. The van der Waals surface area contributed by atoms with Gasteiger partial charge in [-0.3, -0.25) is 0 Å². The summed E-state index contributed by atoms with van der Waals surface area (Å²) >= 11 is 1.59. The summed E-state index contributed by atoms with van der Waals surface area (Å²) in [4.78, 5) is 9.98. The van der Waals surface area contributed by atoms with Crippen LogP contribution in [-0.4, -0.2) is 25.0 Å². The van der Waals surface area contributed by atoms with Gasteiger partial charge in [0.25, 0.3) is 0 Å². The van der Waals surface area contributed by atoms with E-state index in [2.05, 4.69) is 20.3 Å². The van der Waals surface area contributed by atoms with Gasteiger partial charge in [0.2, 0.25) is 5.88 Å². The second-order valence-electron chi connectivity index (χ2n) is 4.89. The number of rotatable bonds is 4. The van der Waals surface area contributed by atoms with Gasteiger partial charge in [0, 0.05) is 12.5 Å². The van der Waals surface area contributed by atoms with Crippen molar-refractivity contribution in [3.05, 3.63) is 53.9 Å². The van der Waals surface area contributed by atoms with E-state index in [1.54, 1.807) is 28.4 Å². The third-order valence-corrected chi connectivity index (χ3v) is 4.18. The Balaban J connectivity index is 1.73. The van der Waals surface area contributed by atoms with E-state index in [9.17, 15) is 0 Å². The first-order chi connectivity index (χ1) is 11.3. The first-order valence-electron chi connectivity index (χ1n) is 7.22. The largest absolute Gasteiger partial charge is 0.438 e. The van der Waals surface area contributed by atoms with Crippen molar-refractivity contribution in [3.63, 3.8) is 0 Å². The molecular weight excluding hydrogens is 310 g/mol. The van der Waals surface area contributed by atoms with E-state index in [1.165, 1.54) is 0 Å². The van der Waals surface area contributed by atoms with Crippen molar-refractivity contribution in [1.29, 1.82) is 0 Å². The molecule has 4 rings (SSSR count). The molecule has 0 N–H and O–H groups in total. The van der Waals surface area contributed by atoms with Crippen LogP contribution in [0.1, 0.15) is 12.7 Å². The molecular formula is C16H13N5OS. The molecule has 3 aromatic heterocycles. The zero-order valence-corrected chi connectivity index (χ0v) is 13.2. The van der Waals surface area contributed by atoms with Gasteiger partial charge in [-0.1, -0.05) is 18.2 Å². The van der Waals surface area contributed by atoms with E-state index >= 15 is 0 Å². The fourth-order valence-electron chi connectivity index (χ4n) is 2.25. The summed E-state index contributed by atoms with van der Waals surface area (Å²) in [5, 5.41) is 10.7. The normalized spacial score (nSPS) is 11.0. The first kappa shape index (κ1) is 13.8. The molecule has 0 spiro atoms. The lowest BCUT2D eigenvalue weighted by molar-refractivity contribution is 0.465. The number of hydrogen-bond donors (Lipinski definition) is 0. The predicted molar refractivity (Wildman–Crippen MR) is 88.2 cm³/mol. The van der Waals surface area contributed by atoms with Crippen LogP contribution in [0.5, 0.6) is 11.6 Å². The minimum atomic E-state index is 0.587. The molecule has 7 heteroatoms. The highest BCUT2D eigenvalue weighted by Gasteiger charge is 2.11. The number of fused-ring (bicyclic) bond motifs is 1.